The number of nitriles is 1. The first-order valence-electron chi connectivity index (χ1n) is 7.20. The molecule has 0 amide bonds. The van der Waals surface area contributed by atoms with E-state index in [0.717, 1.165) is 48.4 Å². The SMILES string of the molecule is CCCCN(c1nc(C)cc(C)c1C#N)C(C)CC. The zero-order valence-corrected chi connectivity index (χ0v) is 12.8. The minimum atomic E-state index is 0.410. The molecule has 3 nitrogen and oxygen atoms in total. The minimum absolute atomic E-state index is 0.410. The molecule has 1 aromatic heterocycles. The van der Waals surface area contributed by atoms with Gasteiger partial charge in [0.2, 0.25) is 0 Å². The van der Waals surface area contributed by atoms with Crippen molar-refractivity contribution in [2.24, 2.45) is 0 Å². The van der Waals surface area contributed by atoms with Crippen LogP contribution in [0.2, 0.25) is 0 Å². The van der Waals surface area contributed by atoms with Gasteiger partial charge in [-0.2, -0.15) is 5.26 Å². The lowest BCUT2D eigenvalue weighted by molar-refractivity contribution is 0.588. The van der Waals surface area contributed by atoms with Gasteiger partial charge in [0.25, 0.3) is 0 Å². The van der Waals surface area contributed by atoms with Crippen LogP contribution < -0.4 is 4.90 Å². The van der Waals surface area contributed by atoms with Crippen LogP contribution in [0.25, 0.3) is 0 Å². The first kappa shape index (κ1) is 15.5. The molecule has 0 saturated heterocycles. The molecule has 19 heavy (non-hydrogen) atoms. The summed E-state index contributed by atoms with van der Waals surface area (Å²) in [7, 11) is 0. The largest absolute Gasteiger partial charge is 0.353 e. The lowest BCUT2D eigenvalue weighted by Crippen LogP contribution is -2.35. The lowest BCUT2D eigenvalue weighted by atomic mass is 10.1. The summed E-state index contributed by atoms with van der Waals surface area (Å²) in [6, 6.07) is 4.72. The third-order valence-corrected chi connectivity index (χ3v) is 3.58. The van der Waals surface area contributed by atoms with E-state index in [4.69, 9.17) is 0 Å². The van der Waals surface area contributed by atoms with Crippen molar-refractivity contribution in [2.45, 2.75) is 59.9 Å². The van der Waals surface area contributed by atoms with Gasteiger partial charge in [0.05, 0.1) is 5.56 Å². The number of pyridine rings is 1. The van der Waals surface area contributed by atoms with E-state index in [2.05, 4.69) is 36.7 Å². The third-order valence-electron chi connectivity index (χ3n) is 3.58. The van der Waals surface area contributed by atoms with Gasteiger partial charge in [-0.3, -0.25) is 0 Å². The Hall–Kier alpha value is -1.56. The number of unbranched alkanes of at least 4 members (excludes halogenated alkanes) is 1. The molecule has 0 fully saturated rings. The molecule has 1 atom stereocenters. The zero-order chi connectivity index (χ0) is 14.4. The fourth-order valence-electron chi connectivity index (χ4n) is 2.25. The van der Waals surface area contributed by atoms with Gasteiger partial charge >= 0.3 is 0 Å². The molecule has 0 aromatic carbocycles. The number of aryl methyl sites for hydroxylation is 2. The van der Waals surface area contributed by atoms with Crippen molar-refractivity contribution in [3.05, 3.63) is 22.9 Å². The molecule has 104 valence electrons. The van der Waals surface area contributed by atoms with Crippen LogP contribution >= 0.6 is 0 Å². The molecule has 1 rings (SSSR count). The summed E-state index contributed by atoms with van der Waals surface area (Å²) >= 11 is 0. The van der Waals surface area contributed by atoms with Crippen LogP contribution in [-0.4, -0.2) is 17.6 Å². The van der Waals surface area contributed by atoms with Crippen LogP contribution in [0.15, 0.2) is 6.07 Å². The second-order valence-corrected chi connectivity index (χ2v) is 5.20. The zero-order valence-electron chi connectivity index (χ0n) is 12.8. The molecule has 0 aliphatic heterocycles. The Morgan fingerprint density at radius 2 is 2.05 bits per heavy atom. The monoisotopic (exact) mass is 259 g/mol. The number of hydrogen-bond acceptors (Lipinski definition) is 3. The van der Waals surface area contributed by atoms with Gasteiger partial charge in [-0.25, -0.2) is 4.98 Å². The summed E-state index contributed by atoms with van der Waals surface area (Å²) in [5.41, 5.74) is 2.73. The normalized spacial score (nSPS) is 12.0. The predicted octanol–water partition coefficient (Wildman–Crippen LogP) is 3.98. The number of aromatic nitrogens is 1. The van der Waals surface area contributed by atoms with Crippen LogP contribution in [0, 0.1) is 25.2 Å². The van der Waals surface area contributed by atoms with Crippen molar-refractivity contribution in [2.75, 3.05) is 11.4 Å². The highest BCUT2D eigenvalue weighted by Crippen LogP contribution is 2.24. The van der Waals surface area contributed by atoms with Gasteiger partial charge in [0.15, 0.2) is 0 Å². The highest BCUT2D eigenvalue weighted by Gasteiger charge is 2.19. The topological polar surface area (TPSA) is 39.9 Å². The average molecular weight is 259 g/mol. The predicted molar refractivity (Wildman–Crippen MR) is 80.4 cm³/mol. The van der Waals surface area contributed by atoms with Gasteiger partial charge in [0, 0.05) is 18.3 Å². The van der Waals surface area contributed by atoms with Gasteiger partial charge in [-0.1, -0.05) is 20.3 Å². The summed E-state index contributed by atoms with van der Waals surface area (Å²) in [6.45, 7) is 11.5. The molecule has 1 heterocycles. The van der Waals surface area contributed by atoms with Crippen LogP contribution in [0.4, 0.5) is 5.82 Å². The van der Waals surface area contributed by atoms with Gasteiger partial charge < -0.3 is 4.90 Å². The third kappa shape index (κ3) is 3.70. The fourth-order valence-corrected chi connectivity index (χ4v) is 2.25. The average Bonchev–Trinajstić information content (AvgIpc) is 2.38. The quantitative estimate of drug-likeness (QED) is 0.776. The summed E-state index contributed by atoms with van der Waals surface area (Å²) < 4.78 is 0. The molecule has 0 aliphatic rings. The van der Waals surface area contributed by atoms with E-state index >= 15 is 0 Å². The Kier molecular flexibility index (Phi) is 5.82. The number of hydrogen-bond donors (Lipinski definition) is 0. The van der Waals surface area contributed by atoms with Crippen molar-refractivity contribution in [1.29, 1.82) is 5.26 Å². The Morgan fingerprint density at radius 3 is 2.58 bits per heavy atom. The number of nitrogens with zero attached hydrogens (tertiary/aromatic N) is 3. The van der Waals surface area contributed by atoms with Crippen molar-refractivity contribution in [3.63, 3.8) is 0 Å². The minimum Gasteiger partial charge on any atom is -0.353 e. The van der Waals surface area contributed by atoms with E-state index in [-0.39, 0.29) is 0 Å². The Labute approximate surface area is 117 Å². The van der Waals surface area contributed by atoms with E-state index in [1.54, 1.807) is 0 Å². The van der Waals surface area contributed by atoms with Gasteiger partial charge in [-0.15, -0.1) is 0 Å². The molecule has 0 saturated carbocycles. The standard InChI is InChI=1S/C16H25N3/c1-6-8-9-19(14(5)7-2)16-15(11-17)12(3)10-13(4)18-16/h10,14H,6-9H2,1-5H3. The summed E-state index contributed by atoms with van der Waals surface area (Å²) in [5, 5.41) is 9.40. The molecule has 0 spiro atoms. The Bertz CT molecular complexity index is 460. The fraction of sp³-hybridized carbons (Fsp3) is 0.625. The van der Waals surface area contributed by atoms with Crippen LogP contribution in [0.3, 0.4) is 0 Å². The number of anilines is 1. The summed E-state index contributed by atoms with van der Waals surface area (Å²) in [6.07, 6.45) is 3.34. The second kappa shape index (κ2) is 7.13. The first-order valence-corrected chi connectivity index (χ1v) is 7.20. The molecule has 0 aliphatic carbocycles. The van der Waals surface area contributed by atoms with E-state index in [9.17, 15) is 5.26 Å². The number of rotatable bonds is 6. The maximum absolute atomic E-state index is 9.40. The van der Waals surface area contributed by atoms with E-state index in [1.165, 1.54) is 0 Å². The Balaban J connectivity index is 3.24. The van der Waals surface area contributed by atoms with Gasteiger partial charge in [0.1, 0.15) is 11.9 Å². The van der Waals surface area contributed by atoms with E-state index in [1.807, 2.05) is 19.9 Å². The molecule has 1 unspecified atom stereocenters. The molecular formula is C16H25N3. The van der Waals surface area contributed by atoms with Crippen molar-refractivity contribution in [3.8, 4) is 6.07 Å². The highest BCUT2D eigenvalue weighted by molar-refractivity contribution is 5.58. The van der Waals surface area contributed by atoms with Crippen molar-refractivity contribution < 1.29 is 0 Å². The second-order valence-electron chi connectivity index (χ2n) is 5.20. The van der Waals surface area contributed by atoms with Crippen LogP contribution in [0.5, 0.6) is 0 Å². The van der Waals surface area contributed by atoms with Crippen LogP contribution in [-0.2, 0) is 0 Å². The molecule has 0 bridgehead atoms. The van der Waals surface area contributed by atoms with E-state index in [0.29, 0.717) is 6.04 Å². The smallest absolute Gasteiger partial charge is 0.147 e. The van der Waals surface area contributed by atoms with Gasteiger partial charge in [-0.05, 0) is 45.2 Å². The van der Waals surface area contributed by atoms with Crippen molar-refractivity contribution >= 4 is 5.82 Å². The maximum atomic E-state index is 9.40. The molecule has 0 N–H and O–H groups in total. The van der Waals surface area contributed by atoms with Crippen LogP contribution in [0.1, 0.15) is 56.9 Å². The lowest BCUT2D eigenvalue weighted by Gasteiger charge is -2.31. The summed E-state index contributed by atoms with van der Waals surface area (Å²) in [5.74, 6) is 0.864. The Morgan fingerprint density at radius 1 is 1.37 bits per heavy atom. The molecule has 0 radical (unpaired) electrons. The summed E-state index contributed by atoms with van der Waals surface area (Å²) in [4.78, 5) is 6.92. The highest BCUT2D eigenvalue weighted by atomic mass is 15.2. The van der Waals surface area contributed by atoms with E-state index < -0.39 is 0 Å². The molecule has 3 heteroatoms. The first-order chi connectivity index (χ1) is 9.04. The molecular weight excluding hydrogens is 234 g/mol. The maximum Gasteiger partial charge on any atom is 0.147 e. The van der Waals surface area contributed by atoms with Crippen molar-refractivity contribution in [1.82, 2.24) is 4.98 Å². The molecule has 1 aromatic rings.